The van der Waals surface area contributed by atoms with Gasteiger partial charge in [-0.2, -0.15) is 0 Å². The van der Waals surface area contributed by atoms with Crippen molar-refractivity contribution in [3.8, 4) is 11.1 Å². The van der Waals surface area contributed by atoms with Crippen molar-refractivity contribution in [1.82, 2.24) is 0 Å². The van der Waals surface area contributed by atoms with Crippen LogP contribution < -0.4 is 0 Å². The highest BCUT2D eigenvalue weighted by Gasteiger charge is 2.25. The minimum Gasteiger partial charge on any atom is -0.218 e. The zero-order valence-electron chi connectivity index (χ0n) is 14.7. The van der Waals surface area contributed by atoms with E-state index in [1.54, 1.807) is 36.4 Å². The van der Waals surface area contributed by atoms with Crippen molar-refractivity contribution in [2.24, 2.45) is 0 Å². The molecule has 0 aliphatic rings. The lowest BCUT2D eigenvalue weighted by Gasteiger charge is -2.15. The average Bonchev–Trinajstić information content (AvgIpc) is 2.66. The van der Waals surface area contributed by atoms with Crippen LogP contribution in [0.5, 0.6) is 0 Å². The number of rotatable bonds is 3. The molecule has 0 radical (unpaired) electrons. The first-order valence-corrected chi connectivity index (χ1v) is 11.1. The van der Waals surface area contributed by atoms with Gasteiger partial charge in [-0.25, -0.2) is 12.8 Å². The van der Waals surface area contributed by atoms with E-state index in [-0.39, 0.29) is 19.8 Å². The lowest BCUT2D eigenvalue weighted by atomic mass is 9.98. The maximum atomic E-state index is 14.4. The predicted octanol–water partition coefficient (Wildman–Crippen LogP) is 7.44. The van der Waals surface area contributed by atoms with Crippen LogP contribution in [0.1, 0.15) is 0 Å². The number of halogens is 4. The summed E-state index contributed by atoms with van der Waals surface area (Å²) in [6.07, 6.45) is 0. The third-order valence-electron chi connectivity index (χ3n) is 4.52. The van der Waals surface area contributed by atoms with Gasteiger partial charge < -0.3 is 0 Å². The zero-order chi connectivity index (χ0) is 20.8. The van der Waals surface area contributed by atoms with E-state index in [9.17, 15) is 12.8 Å². The van der Waals surface area contributed by atoms with Crippen molar-refractivity contribution in [1.29, 1.82) is 0 Å². The van der Waals surface area contributed by atoms with Gasteiger partial charge in [-0.1, -0.05) is 65.1 Å². The molecule has 4 aromatic carbocycles. The van der Waals surface area contributed by atoms with Crippen molar-refractivity contribution in [2.75, 3.05) is 0 Å². The Labute approximate surface area is 182 Å². The highest BCUT2D eigenvalue weighted by molar-refractivity contribution is 7.91. The highest BCUT2D eigenvalue weighted by Crippen LogP contribution is 2.39. The van der Waals surface area contributed by atoms with Crippen LogP contribution in [0, 0.1) is 5.82 Å². The molecule has 29 heavy (non-hydrogen) atoms. The van der Waals surface area contributed by atoms with Gasteiger partial charge in [0.25, 0.3) is 0 Å². The lowest BCUT2D eigenvalue weighted by molar-refractivity contribution is 0.596. The zero-order valence-corrected chi connectivity index (χ0v) is 17.7. The molecule has 4 aromatic rings. The number of fused-ring (bicyclic) bond motifs is 1. The average molecular weight is 466 g/mol. The van der Waals surface area contributed by atoms with E-state index >= 15 is 0 Å². The van der Waals surface area contributed by atoms with E-state index < -0.39 is 15.7 Å². The molecule has 0 unspecified atom stereocenters. The summed E-state index contributed by atoms with van der Waals surface area (Å²) in [6, 6.07) is 18.3. The van der Waals surface area contributed by atoms with E-state index in [1.807, 2.05) is 0 Å². The summed E-state index contributed by atoms with van der Waals surface area (Å²) in [5, 5.41) is 1.61. The largest absolute Gasteiger partial charge is 0.218 e. The first-order chi connectivity index (χ1) is 13.8. The summed E-state index contributed by atoms with van der Waals surface area (Å²) in [4.78, 5) is -0.0368. The Morgan fingerprint density at radius 3 is 2.07 bits per heavy atom. The van der Waals surface area contributed by atoms with Gasteiger partial charge in [0.05, 0.1) is 9.79 Å². The second kappa shape index (κ2) is 7.62. The van der Waals surface area contributed by atoms with Crippen molar-refractivity contribution >= 4 is 55.4 Å². The first kappa shape index (κ1) is 20.2. The Morgan fingerprint density at radius 1 is 0.690 bits per heavy atom. The molecule has 0 fully saturated rings. The van der Waals surface area contributed by atoms with Crippen LogP contribution in [-0.2, 0) is 9.84 Å². The van der Waals surface area contributed by atoms with Crippen molar-refractivity contribution in [2.45, 2.75) is 9.79 Å². The predicted molar refractivity (Wildman–Crippen MR) is 116 cm³/mol. The summed E-state index contributed by atoms with van der Waals surface area (Å²) in [5.74, 6) is -0.444. The van der Waals surface area contributed by atoms with Gasteiger partial charge >= 0.3 is 0 Å². The molecule has 0 bridgehead atoms. The molecule has 0 heterocycles. The molecule has 0 saturated heterocycles. The molecule has 0 spiro atoms. The molecule has 0 amide bonds. The Balaban J connectivity index is 2.11. The van der Waals surface area contributed by atoms with Crippen LogP contribution in [0.25, 0.3) is 21.9 Å². The Kier molecular flexibility index (Phi) is 5.30. The summed E-state index contributed by atoms with van der Waals surface area (Å²) in [6.45, 7) is 0. The van der Waals surface area contributed by atoms with Crippen molar-refractivity contribution < 1.29 is 12.8 Å². The smallest absolute Gasteiger partial charge is 0.207 e. The van der Waals surface area contributed by atoms with Crippen molar-refractivity contribution in [3.63, 3.8) is 0 Å². The third kappa shape index (κ3) is 3.74. The standard InChI is InChI=1S/C22H12Cl3FO2S/c23-14-4-1-3-13(9-14)22-19-5-2-6-20(26)18(19)7-8-21(22)29(27,28)17-11-15(24)10-16(25)12-17/h1-12H. The fourth-order valence-corrected chi connectivity index (χ4v) is 5.68. The van der Waals surface area contributed by atoms with E-state index in [0.29, 0.717) is 26.9 Å². The third-order valence-corrected chi connectivity index (χ3v) is 6.97. The van der Waals surface area contributed by atoms with Gasteiger partial charge in [0.15, 0.2) is 0 Å². The van der Waals surface area contributed by atoms with Gasteiger partial charge in [0.1, 0.15) is 5.82 Å². The van der Waals surface area contributed by atoms with Crippen LogP contribution in [-0.4, -0.2) is 8.42 Å². The highest BCUT2D eigenvalue weighted by atomic mass is 35.5. The van der Waals surface area contributed by atoms with Crippen LogP contribution >= 0.6 is 34.8 Å². The van der Waals surface area contributed by atoms with Gasteiger partial charge in [0, 0.05) is 26.0 Å². The fraction of sp³-hybridized carbons (Fsp3) is 0. The van der Waals surface area contributed by atoms with Crippen LogP contribution in [0.2, 0.25) is 15.1 Å². The Morgan fingerprint density at radius 2 is 1.38 bits per heavy atom. The summed E-state index contributed by atoms with van der Waals surface area (Å²) >= 11 is 18.2. The van der Waals surface area contributed by atoms with E-state index in [1.165, 1.54) is 36.4 Å². The van der Waals surface area contributed by atoms with Crippen LogP contribution in [0.15, 0.2) is 82.6 Å². The molecule has 4 rings (SSSR count). The maximum Gasteiger partial charge on any atom is 0.207 e. The van der Waals surface area contributed by atoms with Crippen LogP contribution in [0.3, 0.4) is 0 Å². The van der Waals surface area contributed by atoms with Gasteiger partial charge in [-0.15, -0.1) is 0 Å². The van der Waals surface area contributed by atoms with Gasteiger partial charge in [0.2, 0.25) is 9.84 Å². The minimum atomic E-state index is -4.01. The monoisotopic (exact) mass is 464 g/mol. The molecule has 0 aliphatic heterocycles. The van der Waals surface area contributed by atoms with Crippen molar-refractivity contribution in [3.05, 3.63) is 93.7 Å². The molecule has 7 heteroatoms. The molecule has 146 valence electrons. The SMILES string of the molecule is O=S(=O)(c1cc(Cl)cc(Cl)c1)c1ccc2c(F)cccc2c1-c1cccc(Cl)c1. The second-order valence-corrected chi connectivity index (χ2v) is 9.62. The molecule has 0 aliphatic carbocycles. The molecule has 2 nitrogen and oxygen atoms in total. The van der Waals surface area contributed by atoms with Crippen LogP contribution in [0.4, 0.5) is 4.39 Å². The second-order valence-electron chi connectivity index (χ2n) is 6.39. The normalized spacial score (nSPS) is 11.7. The first-order valence-electron chi connectivity index (χ1n) is 8.46. The number of hydrogen-bond acceptors (Lipinski definition) is 2. The van der Waals surface area contributed by atoms with E-state index in [4.69, 9.17) is 34.8 Å². The Hall–Kier alpha value is -2.11. The van der Waals surface area contributed by atoms with E-state index in [0.717, 1.165) is 0 Å². The molecule has 0 N–H and O–H groups in total. The maximum absolute atomic E-state index is 14.4. The summed E-state index contributed by atoms with van der Waals surface area (Å²) < 4.78 is 41.4. The van der Waals surface area contributed by atoms with E-state index in [2.05, 4.69) is 0 Å². The molecular weight excluding hydrogens is 454 g/mol. The van der Waals surface area contributed by atoms with Gasteiger partial charge in [-0.05, 0) is 53.4 Å². The Bertz CT molecular complexity index is 1350. The lowest BCUT2D eigenvalue weighted by Crippen LogP contribution is -2.05. The van der Waals surface area contributed by atoms with Gasteiger partial charge in [-0.3, -0.25) is 0 Å². The summed E-state index contributed by atoms with van der Waals surface area (Å²) in [7, 11) is -4.01. The molecular formula is C22H12Cl3FO2S. The summed E-state index contributed by atoms with van der Waals surface area (Å²) in [5.41, 5.74) is 0.918. The number of hydrogen-bond donors (Lipinski definition) is 0. The molecule has 0 aromatic heterocycles. The number of sulfone groups is 1. The minimum absolute atomic E-state index is 0.0104. The molecule has 0 saturated carbocycles. The topological polar surface area (TPSA) is 34.1 Å². The quantitative estimate of drug-likeness (QED) is 0.315. The number of benzene rings is 4. The molecule has 0 atom stereocenters. The fourth-order valence-electron chi connectivity index (χ4n) is 3.28.